The number of halogens is 1. The van der Waals surface area contributed by atoms with Gasteiger partial charge in [-0.05, 0) is 13.3 Å². The fourth-order valence-electron chi connectivity index (χ4n) is 1.30. The van der Waals surface area contributed by atoms with Gasteiger partial charge in [-0.3, -0.25) is 4.68 Å². The lowest BCUT2D eigenvalue weighted by molar-refractivity contribution is 0.558. The average Bonchev–Trinajstić information content (AvgIpc) is 2.36. The van der Waals surface area contributed by atoms with Gasteiger partial charge in [0.25, 0.3) is 0 Å². The first-order chi connectivity index (χ1) is 6.15. The summed E-state index contributed by atoms with van der Waals surface area (Å²) >= 11 is 5.99. The molecule has 0 aliphatic rings. The van der Waals surface area contributed by atoms with Gasteiger partial charge in [-0.15, -0.1) is 0 Å². The van der Waals surface area contributed by atoms with Crippen LogP contribution in [-0.2, 0) is 13.0 Å². The highest BCUT2D eigenvalue weighted by Gasteiger charge is 2.09. The molecule has 0 spiro atoms. The van der Waals surface area contributed by atoms with Crippen LogP contribution in [0.25, 0.3) is 0 Å². The van der Waals surface area contributed by atoms with Crippen LogP contribution >= 0.6 is 11.6 Å². The molecule has 0 radical (unpaired) electrons. The normalized spacial score (nSPS) is 13.2. The molecular weight excluding hydrogens is 186 g/mol. The van der Waals surface area contributed by atoms with Gasteiger partial charge in [0.05, 0.1) is 16.9 Å². The number of aryl methyl sites for hydroxylation is 1. The second-order valence-electron chi connectivity index (χ2n) is 3.34. The summed E-state index contributed by atoms with van der Waals surface area (Å²) < 4.78 is 1.94. The van der Waals surface area contributed by atoms with E-state index in [0.717, 1.165) is 30.1 Å². The Morgan fingerprint density at radius 2 is 2.38 bits per heavy atom. The third-order valence-electron chi connectivity index (χ3n) is 1.85. The standard InChI is InChI=1S/C9H16ClN3/c1-3-4-13-9(5-7(2)11)8(10)6-12-13/h6-7H,3-5,11H2,1-2H3. The van der Waals surface area contributed by atoms with Crippen LogP contribution in [0, 0.1) is 0 Å². The lowest BCUT2D eigenvalue weighted by Crippen LogP contribution is -2.20. The monoisotopic (exact) mass is 201 g/mol. The van der Waals surface area contributed by atoms with Crippen LogP contribution in [0.4, 0.5) is 0 Å². The maximum atomic E-state index is 5.99. The zero-order chi connectivity index (χ0) is 9.84. The minimum absolute atomic E-state index is 0.129. The van der Waals surface area contributed by atoms with E-state index >= 15 is 0 Å². The fourth-order valence-corrected chi connectivity index (χ4v) is 1.52. The van der Waals surface area contributed by atoms with Gasteiger partial charge in [0.2, 0.25) is 0 Å². The van der Waals surface area contributed by atoms with Gasteiger partial charge in [0.1, 0.15) is 0 Å². The van der Waals surface area contributed by atoms with Gasteiger partial charge in [0.15, 0.2) is 0 Å². The zero-order valence-electron chi connectivity index (χ0n) is 8.13. The van der Waals surface area contributed by atoms with Gasteiger partial charge < -0.3 is 5.73 Å². The van der Waals surface area contributed by atoms with Crippen molar-refractivity contribution in [1.29, 1.82) is 0 Å². The molecule has 0 aromatic carbocycles. The molecule has 13 heavy (non-hydrogen) atoms. The third kappa shape index (κ3) is 2.71. The highest BCUT2D eigenvalue weighted by atomic mass is 35.5. The van der Waals surface area contributed by atoms with Crippen molar-refractivity contribution in [3.05, 3.63) is 16.9 Å². The molecular formula is C9H16ClN3. The second kappa shape index (κ2) is 4.63. The summed E-state index contributed by atoms with van der Waals surface area (Å²) in [6.07, 6.45) is 3.54. The first-order valence-corrected chi connectivity index (χ1v) is 4.98. The Kier molecular flexibility index (Phi) is 3.75. The van der Waals surface area contributed by atoms with Crippen LogP contribution in [0.3, 0.4) is 0 Å². The smallest absolute Gasteiger partial charge is 0.0818 e. The Morgan fingerprint density at radius 3 is 2.92 bits per heavy atom. The summed E-state index contributed by atoms with van der Waals surface area (Å²) in [5.41, 5.74) is 6.77. The number of rotatable bonds is 4. The molecule has 1 heterocycles. The molecule has 4 heteroatoms. The molecule has 0 fully saturated rings. The van der Waals surface area contributed by atoms with E-state index in [0.29, 0.717) is 0 Å². The number of nitrogens with two attached hydrogens (primary N) is 1. The van der Waals surface area contributed by atoms with E-state index in [2.05, 4.69) is 12.0 Å². The van der Waals surface area contributed by atoms with Gasteiger partial charge >= 0.3 is 0 Å². The van der Waals surface area contributed by atoms with Crippen molar-refractivity contribution in [3.63, 3.8) is 0 Å². The fraction of sp³-hybridized carbons (Fsp3) is 0.667. The quantitative estimate of drug-likeness (QED) is 0.808. The second-order valence-corrected chi connectivity index (χ2v) is 3.75. The first-order valence-electron chi connectivity index (χ1n) is 4.61. The van der Waals surface area contributed by atoms with E-state index in [4.69, 9.17) is 17.3 Å². The highest BCUT2D eigenvalue weighted by molar-refractivity contribution is 6.31. The predicted molar refractivity (Wildman–Crippen MR) is 54.9 cm³/mol. The third-order valence-corrected chi connectivity index (χ3v) is 2.16. The summed E-state index contributed by atoms with van der Waals surface area (Å²) in [7, 11) is 0. The summed E-state index contributed by atoms with van der Waals surface area (Å²) in [6.45, 7) is 5.00. The summed E-state index contributed by atoms with van der Waals surface area (Å²) in [6, 6.07) is 0.129. The molecule has 0 aliphatic heterocycles. The molecule has 1 aromatic heterocycles. The molecule has 74 valence electrons. The summed E-state index contributed by atoms with van der Waals surface area (Å²) in [4.78, 5) is 0. The molecule has 1 atom stereocenters. The molecule has 3 nitrogen and oxygen atoms in total. The van der Waals surface area contributed by atoms with Crippen molar-refractivity contribution in [2.24, 2.45) is 5.73 Å². The number of nitrogens with zero attached hydrogens (tertiary/aromatic N) is 2. The predicted octanol–water partition coefficient (Wildman–Crippen LogP) is 1.84. The van der Waals surface area contributed by atoms with Crippen molar-refractivity contribution in [2.45, 2.75) is 39.3 Å². The maximum absolute atomic E-state index is 5.99. The van der Waals surface area contributed by atoms with Crippen molar-refractivity contribution < 1.29 is 0 Å². The van der Waals surface area contributed by atoms with Crippen molar-refractivity contribution in [2.75, 3.05) is 0 Å². The van der Waals surface area contributed by atoms with Gasteiger partial charge in [-0.25, -0.2) is 0 Å². The van der Waals surface area contributed by atoms with E-state index in [1.54, 1.807) is 6.20 Å². The van der Waals surface area contributed by atoms with Crippen LogP contribution in [0.15, 0.2) is 6.20 Å². The van der Waals surface area contributed by atoms with E-state index in [-0.39, 0.29) is 6.04 Å². The van der Waals surface area contributed by atoms with Crippen LogP contribution in [0.2, 0.25) is 5.02 Å². The number of hydrogen-bond donors (Lipinski definition) is 1. The average molecular weight is 202 g/mol. The van der Waals surface area contributed by atoms with Gasteiger partial charge in [0, 0.05) is 19.0 Å². The van der Waals surface area contributed by atoms with Crippen LogP contribution < -0.4 is 5.73 Å². The lowest BCUT2D eigenvalue weighted by atomic mass is 10.2. The number of aromatic nitrogens is 2. The highest BCUT2D eigenvalue weighted by Crippen LogP contribution is 2.16. The van der Waals surface area contributed by atoms with Crippen LogP contribution in [0.5, 0.6) is 0 Å². The molecule has 0 amide bonds. The molecule has 0 saturated carbocycles. The Labute approximate surface area is 83.9 Å². The van der Waals surface area contributed by atoms with Gasteiger partial charge in [-0.1, -0.05) is 18.5 Å². The Balaban J connectivity index is 2.81. The topological polar surface area (TPSA) is 43.8 Å². The van der Waals surface area contributed by atoms with Crippen molar-refractivity contribution in [3.8, 4) is 0 Å². The molecule has 1 rings (SSSR count). The van der Waals surface area contributed by atoms with E-state index in [1.165, 1.54) is 0 Å². The number of hydrogen-bond acceptors (Lipinski definition) is 2. The van der Waals surface area contributed by atoms with Crippen LogP contribution in [-0.4, -0.2) is 15.8 Å². The van der Waals surface area contributed by atoms with Crippen molar-refractivity contribution >= 4 is 11.6 Å². The van der Waals surface area contributed by atoms with E-state index in [1.807, 2.05) is 11.6 Å². The lowest BCUT2D eigenvalue weighted by Gasteiger charge is -2.08. The molecule has 1 unspecified atom stereocenters. The SMILES string of the molecule is CCCn1ncc(Cl)c1CC(C)N. The molecule has 0 bridgehead atoms. The van der Waals surface area contributed by atoms with Crippen molar-refractivity contribution in [1.82, 2.24) is 9.78 Å². The first kappa shape index (κ1) is 10.5. The Morgan fingerprint density at radius 1 is 1.69 bits per heavy atom. The summed E-state index contributed by atoms with van der Waals surface area (Å²) in [5.74, 6) is 0. The van der Waals surface area contributed by atoms with E-state index < -0.39 is 0 Å². The minimum atomic E-state index is 0.129. The largest absolute Gasteiger partial charge is 0.328 e. The van der Waals surface area contributed by atoms with Crippen LogP contribution in [0.1, 0.15) is 26.0 Å². The van der Waals surface area contributed by atoms with Gasteiger partial charge in [-0.2, -0.15) is 5.10 Å². The maximum Gasteiger partial charge on any atom is 0.0818 e. The Hall–Kier alpha value is -0.540. The Bertz CT molecular complexity index is 268. The molecule has 2 N–H and O–H groups in total. The van der Waals surface area contributed by atoms with E-state index in [9.17, 15) is 0 Å². The summed E-state index contributed by atoms with van der Waals surface area (Å²) in [5, 5.41) is 4.92. The zero-order valence-corrected chi connectivity index (χ0v) is 8.88. The molecule has 0 aliphatic carbocycles. The molecule has 1 aromatic rings. The minimum Gasteiger partial charge on any atom is -0.328 e. The molecule has 0 saturated heterocycles.